The number of carbonyl (C=O) groups is 1. The zero-order valence-corrected chi connectivity index (χ0v) is 13.9. The molecule has 0 fully saturated rings. The third-order valence-electron chi connectivity index (χ3n) is 2.77. The van der Waals surface area contributed by atoms with Crippen LogP contribution in [0.4, 0.5) is 0 Å². The Morgan fingerprint density at radius 2 is 2.00 bits per heavy atom. The first kappa shape index (κ1) is 19.1. The molecule has 1 aromatic rings. The molecule has 0 aliphatic rings. The second-order valence-corrected chi connectivity index (χ2v) is 5.36. The first-order valence-corrected chi connectivity index (χ1v) is 7.31. The maximum absolute atomic E-state index is 11.8. The Balaban J connectivity index is 0.00000361. The van der Waals surface area contributed by atoms with Crippen LogP contribution in [0.1, 0.15) is 6.42 Å². The van der Waals surface area contributed by atoms with Crippen molar-refractivity contribution < 1.29 is 9.53 Å². The van der Waals surface area contributed by atoms with E-state index in [1.54, 1.807) is 23.8 Å². The highest BCUT2D eigenvalue weighted by atomic mass is 35.5. The van der Waals surface area contributed by atoms with Crippen molar-refractivity contribution in [1.29, 1.82) is 0 Å². The lowest BCUT2D eigenvalue weighted by Crippen LogP contribution is -2.32. The molecule has 20 heavy (non-hydrogen) atoms. The molecule has 4 nitrogen and oxygen atoms in total. The summed E-state index contributed by atoms with van der Waals surface area (Å²) in [4.78, 5) is 14.7. The Kier molecular flexibility index (Phi) is 10.3. The highest BCUT2D eigenvalue weighted by Crippen LogP contribution is 2.21. The number of ether oxygens (including phenoxy) is 1. The van der Waals surface area contributed by atoms with Gasteiger partial charge in [0.2, 0.25) is 5.91 Å². The van der Waals surface area contributed by atoms with Gasteiger partial charge >= 0.3 is 0 Å². The minimum atomic E-state index is 0. The minimum absolute atomic E-state index is 0. The Hall–Kier alpha value is -0.910. The summed E-state index contributed by atoms with van der Waals surface area (Å²) in [6.45, 7) is 1.58. The number of hydrogen-bond acceptors (Lipinski definition) is 4. The number of thioether (sulfide) groups is 1. The molecule has 0 aromatic heterocycles. The molecule has 0 aliphatic heterocycles. The number of benzene rings is 1. The van der Waals surface area contributed by atoms with Crippen LogP contribution in [-0.2, 0) is 4.79 Å². The molecule has 0 radical (unpaired) electrons. The van der Waals surface area contributed by atoms with Crippen LogP contribution in [0, 0.1) is 0 Å². The first-order chi connectivity index (χ1) is 9.17. The number of hydrogen-bond donors (Lipinski definition) is 1. The third kappa shape index (κ3) is 7.03. The van der Waals surface area contributed by atoms with Crippen molar-refractivity contribution in [3.05, 3.63) is 24.3 Å². The number of nitrogens with one attached hydrogen (secondary N) is 1. The van der Waals surface area contributed by atoms with Gasteiger partial charge in [-0.25, -0.2) is 0 Å². The van der Waals surface area contributed by atoms with E-state index in [4.69, 9.17) is 4.74 Å². The maximum Gasteiger partial charge on any atom is 0.223 e. The molecule has 0 aliphatic carbocycles. The van der Waals surface area contributed by atoms with E-state index in [-0.39, 0.29) is 18.3 Å². The number of carbonyl (C=O) groups excluding carboxylic acids is 1. The van der Waals surface area contributed by atoms with Crippen molar-refractivity contribution >= 4 is 30.1 Å². The minimum Gasteiger partial charge on any atom is -0.497 e. The quantitative estimate of drug-likeness (QED) is 0.747. The van der Waals surface area contributed by atoms with E-state index in [0.717, 1.165) is 29.5 Å². The van der Waals surface area contributed by atoms with E-state index >= 15 is 0 Å². The Morgan fingerprint density at radius 1 is 1.35 bits per heavy atom. The molecule has 0 saturated heterocycles. The maximum atomic E-state index is 11.8. The molecular weight excluding hydrogens is 296 g/mol. The summed E-state index contributed by atoms with van der Waals surface area (Å²) in [7, 11) is 5.39. The lowest BCUT2D eigenvalue weighted by atomic mass is 10.3. The summed E-state index contributed by atoms with van der Waals surface area (Å²) in [5, 5.41) is 3.04. The Bertz CT molecular complexity index is 387. The van der Waals surface area contributed by atoms with Gasteiger partial charge in [0.15, 0.2) is 0 Å². The fourth-order valence-electron chi connectivity index (χ4n) is 1.52. The lowest BCUT2D eigenvalue weighted by molar-refractivity contribution is -0.129. The van der Waals surface area contributed by atoms with E-state index in [2.05, 4.69) is 5.32 Å². The summed E-state index contributed by atoms with van der Waals surface area (Å²) in [5.74, 6) is 1.85. The molecule has 0 atom stereocenters. The second-order valence-electron chi connectivity index (χ2n) is 4.19. The van der Waals surface area contributed by atoms with Crippen molar-refractivity contribution in [3.8, 4) is 5.75 Å². The van der Waals surface area contributed by atoms with Gasteiger partial charge < -0.3 is 15.0 Å². The number of rotatable bonds is 8. The van der Waals surface area contributed by atoms with E-state index in [9.17, 15) is 4.79 Å². The largest absolute Gasteiger partial charge is 0.497 e. The van der Waals surface area contributed by atoms with Crippen molar-refractivity contribution in [1.82, 2.24) is 10.2 Å². The van der Waals surface area contributed by atoms with E-state index in [1.807, 2.05) is 38.4 Å². The van der Waals surface area contributed by atoms with E-state index < -0.39 is 0 Å². The molecule has 1 amide bonds. The van der Waals surface area contributed by atoms with Crippen LogP contribution < -0.4 is 10.1 Å². The molecule has 0 bridgehead atoms. The van der Waals surface area contributed by atoms with Crippen molar-refractivity contribution in [2.45, 2.75) is 11.3 Å². The van der Waals surface area contributed by atoms with Crippen molar-refractivity contribution in [2.75, 3.05) is 40.0 Å². The predicted octanol–water partition coefficient (Wildman–Crippen LogP) is 2.28. The highest BCUT2D eigenvalue weighted by molar-refractivity contribution is 7.99. The van der Waals surface area contributed by atoms with Crippen LogP contribution in [0.25, 0.3) is 0 Å². The van der Waals surface area contributed by atoms with Gasteiger partial charge in [-0.1, -0.05) is 0 Å². The van der Waals surface area contributed by atoms with Gasteiger partial charge in [0.1, 0.15) is 5.75 Å². The normalized spacial score (nSPS) is 9.75. The van der Waals surface area contributed by atoms with Crippen LogP contribution in [0.2, 0.25) is 0 Å². The molecule has 1 rings (SSSR count). The third-order valence-corrected chi connectivity index (χ3v) is 3.78. The smallest absolute Gasteiger partial charge is 0.223 e. The van der Waals surface area contributed by atoms with Gasteiger partial charge in [0.05, 0.1) is 7.11 Å². The fourth-order valence-corrected chi connectivity index (χ4v) is 2.36. The summed E-state index contributed by atoms with van der Waals surface area (Å²) in [5.41, 5.74) is 0. The van der Waals surface area contributed by atoms with Crippen LogP contribution >= 0.6 is 24.2 Å². The molecule has 1 N–H and O–H groups in total. The molecule has 114 valence electrons. The highest BCUT2D eigenvalue weighted by Gasteiger charge is 2.07. The van der Waals surface area contributed by atoms with Crippen molar-refractivity contribution in [3.63, 3.8) is 0 Å². The first-order valence-electron chi connectivity index (χ1n) is 6.32. The average molecular weight is 319 g/mol. The molecule has 0 saturated carbocycles. The number of nitrogens with zero attached hydrogens (tertiary/aromatic N) is 1. The fraction of sp³-hybridized carbons (Fsp3) is 0.500. The zero-order chi connectivity index (χ0) is 14.1. The monoisotopic (exact) mass is 318 g/mol. The van der Waals surface area contributed by atoms with Crippen LogP contribution in [0.5, 0.6) is 5.75 Å². The summed E-state index contributed by atoms with van der Waals surface area (Å²) >= 11 is 1.69. The van der Waals surface area contributed by atoms with Crippen LogP contribution in [0.15, 0.2) is 29.2 Å². The number of amides is 1. The second kappa shape index (κ2) is 10.8. The molecule has 1 aromatic carbocycles. The predicted molar refractivity (Wildman–Crippen MR) is 87.1 cm³/mol. The Labute approximate surface area is 131 Å². The number of likely N-dealkylation sites (N-methyl/N-ethyl adjacent to an activating group) is 2. The van der Waals surface area contributed by atoms with Crippen LogP contribution in [0.3, 0.4) is 0 Å². The molecule has 0 unspecified atom stereocenters. The Morgan fingerprint density at radius 3 is 2.55 bits per heavy atom. The molecule has 0 spiro atoms. The van der Waals surface area contributed by atoms with Gasteiger partial charge in [-0.3, -0.25) is 4.79 Å². The standard InChI is InChI=1S/C14H22N2O2S.ClH/c1-15-9-10-16(2)14(17)8-11-19-13-6-4-12(18-3)5-7-13;/h4-7,15H,8-11H2,1-3H3;1H. The summed E-state index contributed by atoms with van der Waals surface area (Å²) in [6.07, 6.45) is 0.566. The van der Waals surface area contributed by atoms with Gasteiger partial charge in [0, 0.05) is 37.2 Å². The van der Waals surface area contributed by atoms with Crippen LogP contribution in [-0.4, -0.2) is 50.9 Å². The zero-order valence-electron chi connectivity index (χ0n) is 12.2. The molecule has 0 heterocycles. The van der Waals surface area contributed by atoms with Gasteiger partial charge in [-0.05, 0) is 31.3 Å². The lowest BCUT2D eigenvalue weighted by Gasteiger charge is -2.16. The topological polar surface area (TPSA) is 41.6 Å². The number of methoxy groups -OCH3 is 1. The SMILES string of the molecule is CNCCN(C)C(=O)CCSc1ccc(OC)cc1.Cl. The van der Waals surface area contributed by atoms with Crippen molar-refractivity contribution in [2.24, 2.45) is 0 Å². The van der Waals surface area contributed by atoms with Gasteiger partial charge in [-0.2, -0.15) is 0 Å². The summed E-state index contributed by atoms with van der Waals surface area (Å²) < 4.78 is 5.10. The molecule has 6 heteroatoms. The van der Waals surface area contributed by atoms with Gasteiger partial charge in [-0.15, -0.1) is 24.2 Å². The molecular formula is C14H23ClN2O2S. The average Bonchev–Trinajstić information content (AvgIpc) is 2.45. The van der Waals surface area contributed by atoms with E-state index in [0.29, 0.717) is 6.42 Å². The van der Waals surface area contributed by atoms with E-state index in [1.165, 1.54) is 0 Å². The van der Waals surface area contributed by atoms with Gasteiger partial charge in [0.25, 0.3) is 0 Å². The summed E-state index contributed by atoms with van der Waals surface area (Å²) in [6, 6.07) is 7.89. The number of halogens is 1.